The summed E-state index contributed by atoms with van der Waals surface area (Å²) in [4.78, 5) is 27.9. The standard InChI is InChI=1S/C23H24N6O2S/c1-15-5-6-25-19(11-15)17-13-26-23(27-14-17)28-20-12-16(3-4-18(20)21(24)32-2)22(30)29-7-9-31-10-8-29/h3-6,11-14,24H,7-10H2,1-2H3,(H,26,27,28). The van der Waals surface area contributed by atoms with Crippen LogP contribution in [0.4, 0.5) is 11.6 Å². The van der Waals surface area contributed by atoms with Gasteiger partial charge >= 0.3 is 0 Å². The van der Waals surface area contributed by atoms with Crippen molar-refractivity contribution in [3.8, 4) is 11.3 Å². The van der Waals surface area contributed by atoms with Gasteiger partial charge in [0, 0.05) is 48.4 Å². The monoisotopic (exact) mass is 448 g/mol. The number of hydrogen-bond donors (Lipinski definition) is 2. The first-order valence-electron chi connectivity index (χ1n) is 10.2. The molecule has 0 atom stereocenters. The zero-order valence-electron chi connectivity index (χ0n) is 18.0. The molecule has 1 saturated heterocycles. The number of aryl methyl sites for hydroxylation is 1. The first-order valence-corrected chi connectivity index (χ1v) is 11.4. The number of aromatic nitrogens is 3. The number of benzene rings is 1. The van der Waals surface area contributed by atoms with Gasteiger partial charge < -0.3 is 15.0 Å². The van der Waals surface area contributed by atoms with Gasteiger partial charge in [-0.1, -0.05) is 0 Å². The van der Waals surface area contributed by atoms with Crippen LogP contribution in [-0.2, 0) is 4.74 Å². The number of ether oxygens (including phenoxy) is 1. The lowest BCUT2D eigenvalue weighted by Crippen LogP contribution is -2.40. The van der Waals surface area contributed by atoms with Gasteiger partial charge in [0.1, 0.15) is 0 Å². The average molecular weight is 449 g/mol. The Morgan fingerprint density at radius 1 is 1.12 bits per heavy atom. The number of rotatable bonds is 5. The number of thioether (sulfide) groups is 1. The number of amides is 1. The van der Waals surface area contributed by atoms with Crippen molar-refractivity contribution in [3.63, 3.8) is 0 Å². The molecule has 1 aliphatic rings. The maximum atomic E-state index is 12.9. The second-order valence-corrected chi connectivity index (χ2v) is 8.15. The highest BCUT2D eigenvalue weighted by Crippen LogP contribution is 2.26. The van der Waals surface area contributed by atoms with E-state index in [1.54, 1.807) is 41.7 Å². The van der Waals surface area contributed by atoms with E-state index in [4.69, 9.17) is 10.1 Å². The average Bonchev–Trinajstić information content (AvgIpc) is 2.84. The molecular weight excluding hydrogens is 424 g/mol. The van der Waals surface area contributed by atoms with Crippen molar-refractivity contribution in [1.29, 1.82) is 5.41 Å². The van der Waals surface area contributed by atoms with Crippen molar-refractivity contribution >= 4 is 34.3 Å². The smallest absolute Gasteiger partial charge is 0.254 e. The number of hydrogen-bond acceptors (Lipinski definition) is 8. The molecule has 164 valence electrons. The summed E-state index contributed by atoms with van der Waals surface area (Å²) in [5.41, 5.74) is 4.58. The van der Waals surface area contributed by atoms with E-state index in [1.165, 1.54) is 11.8 Å². The Morgan fingerprint density at radius 2 is 1.88 bits per heavy atom. The number of nitrogens with zero attached hydrogens (tertiary/aromatic N) is 4. The lowest BCUT2D eigenvalue weighted by molar-refractivity contribution is 0.0303. The molecule has 1 aromatic carbocycles. The van der Waals surface area contributed by atoms with E-state index in [-0.39, 0.29) is 5.91 Å². The number of carbonyl (C=O) groups is 1. The Labute approximate surface area is 191 Å². The zero-order chi connectivity index (χ0) is 22.5. The third kappa shape index (κ3) is 4.95. The summed E-state index contributed by atoms with van der Waals surface area (Å²) in [6, 6.07) is 9.23. The molecule has 4 rings (SSSR count). The maximum absolute atomic E-state index is 12.9. The maximum Gasteiger partial charge on any atom is 0.254 e. The Bertz CT molecular complexity index is 1130. The predicted molar refractivity (Wildman–Crippen MR) is 127 cm³/mol. The zero-order valence-corrected chi connectivity index (χ0v) is 18.8. The summed E-state index contributed by atoms with van der Waals surface area (Å²) in [6.45, 7) is 4.24. The highest BCUT2D eigenvalue weighted by Gasteiger charge is 2.20. The number of morpholine rings is 1. The largest absolute Gasteiger partial charge is 0.378 e. The van der Waals surface area contributed by atoms with Crippen LogP contribution in [0.3, 0.4) is 0 Å². The third-order valence-corrected chi connectivity index (χ3v) is 5.75. The summed E-state index contributed by atoms with van der Waals surface area (Å²) in [5.74, 6) is 0.327. The fraction of sp³-hybridized carbons (Fsp3) is 0.261. The molecule has 1 aliphatic heterocycles. The SMILES string of the molecule is CSC(=N)c1ccc(C(=O)N2CCOCC2)cc1Nc1ncc(-c2cc(C)ccn2)cn1. The number of pyridine rings is 1. The van der Waals surface area contributed by atoms with E-state index in [0.29, 0.717) is 54.1 Å². The molecule has 0 saturated carbocycles. The minimum Gasteiger partial charge on any atom is -0.378 e. The summed E-state index contributed by atoms with van der Waals surface area (Å²) >= 11 is 1.33. The van der Waals surface area contributed by atoms with Gasteiger partial charge in [0.05, 0.1) is 29.6 Å². The topological polar surface area (TPSA) is 104 Å². The van der Waals surface area contributed by atoms with E-state index < -0.39 is 0 Å². The summed E-state index contributed by atoms with van der Waals surface area (Å²) in [6.07, 6.45) is 7.02. The lowest BCUT2D eigenvalue weighted by Gasteiger charge is -2.27. The van der Waals surface area contributed by atoms with Crippen LogP contribution in [-0.4, -0.2) is 63.4 Å². The molecular formula is C23H24N6O2S. The van der Waals surface area contributed by atoms with Crippen molar-refractivity contribution in [2.24, 2.45) is 0 Å². The fourth-order valence-corrected chi connectivity index (χ4v) is 3.77. The van der Waals surface area contributed by atoms with Crippen molar-refractivity contribution in [2.75, 3.05) is 37.9 Å². The van der Waals surface area contributed by atoms with Crippen LogP contribution in [0.1, 0.15) is 21.5 Å². The number of anilines is 2. The molecule has 2 N–H and O–H groups in total. The van der Waals surface area contributed by atoms with E-state index in [1.807, 2.05) is 25.3 Å². The molecule has 1 amide bonds. The second kappa shape index (κ2) is 9.88. The molecule has 32 heavy (non-hydrogen) atoms. The van der Waals surface area contributed by atoms with Gasteiger partial charge in [-0.2, -0.15) is 0 Å². The van der Waals surface area contributed by atoms with E-state index >= 15 is 0 Å². The Kier molecular flexibility index (Phi) is 6.77. The molecule has 0 spiro atoms. The van der Waals surface area contributed by atoms with Crippen molar-refractivity contribution in [1.82, 2.24) is 19.9 Å². The highest BCUT2D eigenvalue weighted by atomic mass is 32.2. The molecule has 8 nitrogen and oxygen atoms in total. The molecule has 0 aliphatic carbocycles. The van der Waals surface area contributed by atoms with Gasteiger partial charge in [-0.3, -0.25) is 15.2 Å². The summed E-state index contributed by atoms with van der Waals surface area (Å²) < 4.78 is 5.34. The van der Waals surface area contributed by atoms with Crippen LogP contribution in [0.5, 0.6) is 0 Å². The molecule has 3 heterocycles. The first kappa shape index (κ1) is 21.9. The Balaban J connectivity index is 1.60. The molecule has 0 unspecified atom stereocenters. The normalized spacial score (nSPS) is 13.6. The van der Waals surface area contributed by atoms with Gasteiger partial charge in [0.2, 0.25) is 5.95 Å². The van der Waals surface area contributed by atoms with Crippen molar-refractivity contribution in [2.45, 2.75) is 6.92 Å². The molecule has 1 fully saturated rings. The van der Waals surface area contributed by atoms with Crippen LogP contribution in [0.25, 0.3) is 11.3 Å². The summed E-state index contributed by atoms with van der Waals surface area (Å²) in [5, 5.41) is 11.9. The Morgan fingerprint density at radius 3 is 2.56 bits per heavy atom. The van der Waals surface area contributed by atoms with Crippen molar-refractivity contribution in [3.05, 3.63) is 65.6 Å². The molecule has 9 heteroatoms. The van der Waals surface area contributed by atoms with E-state index in [9.17, 15) is 4.79 Å². The molecule has 3 aromatic rings. The minimum atomic E-state index is -0.0552. The third-order valence-electron chi connectivity index (χ3n) is 5.12. The minimum absolute atomic E-state index is 0.0552. The summed E-state index contributed by atoms with van der Waals surface area (Å²) in [7, 11) is 0. The first-order chi connectivity index (χ1) is 15.5. The van der Waals surface area contributed by atoms with Crippen LogP contribution in [0, 0.1) is 12.3 Å². The predicted octanol–water partition coefficient (Wildman–Crippen LogP) is 3.75. The molecule has 0 radical (unpaired) electrons. The van der Waals surface area contributed by atoms with Gasteiger partial charge in [-0.25, -0.2) is 9.97 Å². The fourth-order valence-electron chi connectivity index (χ4n) is 3.38. The quantitative estimate of drug-likeness (QED) is 0.452. The van der Waals surface area contributed by atoms with Gasteiger partial charge in [0.15, 0.2) is 0 Å². The highest BCUT2D eigenvalue weighted by molar-refractivity contribution is 8.13. The van der Waals surface area contributed by atoms with Gasteiger partial charge in [0.25, 0.3) is 5.91 Å². The Hall–Kier alpha value is -3.30. The van der Waals surface area contributed by atoms with Crippen LogP contribution in [0.2, 0.25) is 0 Å². The van der Waals surface area contributed by atoms with Gasteiger partial charge in [-0.15, -0.1) is 11.8 Å². The molecule has 2 aromatic heterocycles. The number of nitrogens with one attached hydrogen (secondary N) is 2. The van der Waals surface area contributed by atoms with Crippen LogP contribution >= 0.6 is 11.8 Å². The second-order valence-electron chi connectivity index (χ2n) is 7.34. The van der Waals surface area contributed by atoms with Crippen LogP contribution in [0.15, 0.2) is 48.9 Å². The van der Waals surface area contributed by atoms with Crippen molar-refractivity contribution < 1.29 is 9.53 Å². The van der Waals surface area contributed by atoms with Gasteiger partial charge in [-0.05, 0) is 49.1 Å². The lowest BCUT2D eigenvalue weighted by atomic mass is 10.1. The number of carbonyl (C=O) groups excluding carboxylic acids is 1. The van der Waals surface area contributed by atoms with Crippen LogP contribution < -0.4 is 5.32 Å². The van der Waals surface area contributed by atoms with E-state index in [2.05, 4.69) is 20.3 Å². The van der Waals surface area contributed by atoms with E-state index in [0.717, 1.165) is 16.8 Å². The molecule has 0 bridgehead atoms.